The van der Waals surface area contributed by atoms with Crippen molar-refractivity contribution in [3.8, 4) is 0 Å². The predicted octanol–water partition coefficient (Wildman–Crippen LogP) is 0.768. The van der Waals surface area contributed by atoms with Crippen molar-refractivity contribution in [2.24, 2.45) is 0 Å². The monoisotopic (exact) mass is 179 g/mol. The van der Waals surface area contributed by atoms with Gasteiger partial charge in [0.1, 0.15) is 0 Å². The van der Waals surface area contributed by atoms with Gasteiger partial charge in [-0.05, 0) is 6.42 Å². The number of ether oxygens (including phenoxy) is 1. The fourth-order valence-corrected chi connectivity index (χ4v) is 0.667. The number of hydrogen-bond donors (Lipinski definition) is 1. The molecule has 0 unspecified atom stereocenters. The summed E-state index contributed by atoms with van der Waals surface area (Å²) in [5, 5.41) is 2.63. The van der Waals surface area contributed by atoms with Gasteiger partial charge in [-0.3, -0.25) is 4.79 Å². The molecular weight excluding hydrogens is 166 g/mol. The molecule has 3 nitrogen and oxygen atoms in total. The van der Waals surface area contributed by atoms with Crippen LogP contribution in [0.3, 0.4) is 0 Å². The molecule has 0 atom stereocenters. The number of amides is 1. The Bertz CT molecular complexity index is 109. The third-order valence-corrected chi connectivity index (χ3v) is 1.31. The van der Waals surface area contributed by atoms with Crippen LogP contribution in [0.5, 0.6) is 0 Å². The number of rotatable bonds is 6. The minimum atomic E-state index is -0.0223. The molecule has 0 saturated carbocycles. The Kier molecular flexibility index (Phi) is 7.62. The Hall–Kier alpha value is -0.280. The van der Waals surface area contributed by atoms with E-state index in [0.29, 0.717) is 25.6 Å². The summed E-state index contributed by atoms with van der Waals surface area (Å²) in [7, 11) is 0. The summed E-state index contributed by atoms with van der Waals surface area (Å²) in [6.07, 6.45) is 0.863. The second kappa shape index (κ2) is 7.82. The summed E-state index contributed by atoms with van der Waals surface area (Å²) < 4.78 is 5.13. The molecule has 0 fully saturated rings. The molecule has 0 spiro atoms. The Balaban J connectivity index is 2.85. The summed E-state index contributed by atoms with van der Waals surface area (Å²) >= 11 is 5.42. The number of hydrogen-bond acceptors (Lipinski definition) is 2. The van der Waals surface area contributed by atoms with Crippen molar-refractivity contribution in [2.75, 3.05) is 25.6 Å². The van der Waals surface area contributed by atoms with Crippen LogP contribution >= 0.6 is 11.6 Å². The zero-order valence-corrected chi connectivity index (χ0v) is 7.49. The van der Waals surface area contributed by atoms with Crippen LogP contribution in [0.25, 0.3) is 0 Å². The molecule has 0 aliphatic heterocycles. The van der Waals surface area contributed by atoms with Crippen LogP contribution in [0, 0.1) is 0 Å². The molecule has 1 amide bonds. The highest BCUT2D eigenvalue weighted by Gasteiger charge is 1.90. The fraction of sp³-hybridized carbons (Fsp3) is 0.857. The molecular formula is C7H14ClNO2. The third kappa shape index (κ3) is 9.72. The van der Waals surface area contributed by atoms with Crippen molar-refractivity contribution in [1.82, 2.24) is 5.32 Å². The lowest BCUT2D eigenvalue weighted by Crippen LogP contribution is -2.24. The summed E-state index contributed by atoms with van der Waals surface area (Å²) in [6, 6.07) is 0. The summed E-state index contributed by atoms with van der Waals surface area (Å²) in [5.41, 5.74) is 0. The molecule has 11 heavy (non-hydrogen) atoms. The van der Waals surface area contributed by atoms with E-state index in [4.69, 9.17) is 16.3 Å². The first-order chi connectivity index (χ1) is 5.27. The molecule has 66 valence electrons. The Labute approximate surface area is 72.1 Å². The van der Waals surface area contributed by atoms with Crippen molar-refractivity contribution in [1.29, 1.82) is 0 Å². The zero-order valence-electron chi connectivity index (χ0n) is 6.73. The van der Waals surface area contributed by atoms with E-state index in [2.05, 4.69) is 5.32 Å². The lowest BCUT2D eigenvalue weighted by atomic mass is 10.5. The van der Waals surface area contributed by atoms with Crippen molar-refractivity contribution in [2.45, 2.75) is 13.3 Å². The lowest BCUT2D eigenvalue weighted by Gasteiger charge is -2.02. The van der Waals surface area contributed by atoms with Gasteiger partial charge in [0, 0.05) is 26.0 Å². The van der Waals surface area contributed by atoms with Crippen molar-refractivity contribution in [3.63, 3.8) is 0 Å². The Morgan fingerprint density at radius 2 is 2.27 bits per heavy atom. The molecule has 4 heteroatoms. The van der Waals surface area contributed by atoms with Gasteiger partial charge in [-0.1, -0.05) is 0 Å². The smallest absolute Gasteiger partial charge is 0.216 e. The van der Waals surface area contributed by atoms with E-state index in [9.17, 15) is 4.79 Å². The van der Waals surface area contributed by atoms with Gasteiger partial charge < -0.3 is 10.1 Å². The fourth-order valence-electron chi connectivity index (χ4n) is 0.558. The Morgan fingerprint density at radius 1 is 1.55 bits per heavy atom. The van der Waals surface area contributed by atoms with E-state index in [1.54, 1.807) is 0 Å². The van der Waals surface area contributed by atoms with Gasteiger partial charge in [0.15, 0.2) is 0 Å². The van der Waals surface area contributed by atoms with Gasteiger partial charge >= 0.3 is 0 Å². The lowest BCUT2D eigenvalue weighted by molar-refractivity contribution is -0.119. The van der Waals surface area contributed by atoms with Crippen LogP contribution in [0.4, 0.5) is 0 Å². The number of carbonyl (C=O) groups excluding carboxylic acids is 1. The van der Waals surface area contributed by atoms with Crippen molar-refractivity contribution >= 4 is 17.5 Å². The van der Waals surface area contributed by atoms with Gasteiger partial charge in [0.25, 0.3) is 0 Å². The van der Waals surface area contributed by atoms with E-state index >= 15 is 0 Å². The maximum absolute atomic E-state index is 10.3. The molecule has 0 aliphatic rings. The van der Waals surface area contributed by atoms with E-state index in [1.165, 1.54) is 6.92 Å². The number of alkyl halides is 1. The molecule has 0 saturated heterocycles. The van der Waals surface area contributed by atoms with Gasteiger partial charge in [-0.25, -0.2) is 0 Å². The maximum atomic E-state index is 10.3. The Morgan fingerprint density at radius 3 is 2.82 bits per heavy atom. The molecule has 1 N–H and O–H groups in total. The molecule has 0 rings (SSSR count). The van der Waals surface area contributed by atoms with Crippen LogP contribution in [-0.4, -0.2) is 31.5 Å². The molecule has 0 aromatic rings. The average molecular weight is 180 g/mol. The summed E-state index contributed by atoms with van der Waals surface area (Å²) in [4.78, 5) is 10.3. The third-order valence-electron chi connectivity index (χ3n) is 1.04. The normalized spacial score (nSPS) is 9.64. The highest BCUT2D eigenvalue weighted by Crippen LogP contribution is 1.84. The van der Waals surface area contributed by atoms with Crippen molar-refractivity contribution in [3.05, 3.63) is 0 Å². The minimum Gasteiger partial charge on any atom is -0.380 e. The van der Waals surface area contributed by atoms with Gasteiger partial charge in [-0.2, -0.15) is 0 Å². The number of carbonyl (C=O) groups is 1. The zero-order chi connectivity index (χ0) is 8.53. The number of halogens is 1. The van der Waals surface area contributed by atoms with Crippen LogP contribution in [0.2, 0.25) is 0 Å². The highest BCUT2D eigenvalue weighted by molar-refractivity contribution is 6.17. The first-order valence-corrected chi connectivity index (χ1v) is 4.19. The number of nitrogens with one attached hydrogen (secondary N) is 1. The topological polar surface area (TPSA) is 38.3 Å². The summed E-state index contributed by atoms with van der Waals surface area (Å²) in [6.45, 7) is 3.30. The second-order valence-electron chi connectivity index (χ2n) is 2.14. The van der Waals surface area contributed by atoms with Gasteiger partial charge in [0.2, 0.25) is 5.91 Å². The largest absolute Gasteiger partial charge is 0.380 e. The standard InChI is InChI=1S/C7H14ClNO2/c1-7(10)9-4-6-11-5-2-3-8/h2-6H2,1H3,(H,9,10). The molecule has 0 radical (unpaired) electrons. The van der Waals surface area contributed by atoms with Crippen LogP contribution < -0.4 is 5.32 Å². The van der Waals surface area contributed by atoms with Crippen LogP contribution in [0.15, 0.2) is 0 Å². The predicted molar refractivity (Wildman–Crippen MR) is 44.8 cm³/mol. The average Bonchev–Trinajstić information content (AvgIpc) is 1.96. The SMILES string of the molecule is CC(=O)NCCOCCCCl. The summed E-state index contributed by atoms with van der Waals surface area (Å²) in [5.74, 6) is 0.603. The van der Waals surface area contributed by atoms with Crippen LogP contribution in [0.1, 0.15) is 13.3 Å². The second-order valence-corrected chi connectivity index (χ2v) is 2.52. The first kappa shape index (κ1) is 10.7. The molecule has 0 aromatic carbocycles. The van der Waals surface area contributed by atoms with Gasteiger partial charge in [0.05, 0.1) is 6.61 Å². The van der Waals surface area contributed by atoms with E-state index in [1.807, 2.05) is 0 Å². The molecule has 0 aromatic heterocycles. The molecule has 0 bridgehead atoms. The highest BCUT2D eigenvalue weighted by atomic mass is 35.5. The molecule has 0 aliphatic carbocycles. The van der Waals surface area contributed by atoms with Crippen LogP contribution in [-0.2, 0) is 9.53 Å². The van der Waals surface area contributed by atoms with E-state index in [0.717, 1.165) is 6.42 Å². The van der Waals surface area contributed by atoms with E-state index in [-0.39, 0.29) is 5.91 Å². The maximum Gasteiger partial charge on any atom is 0.216 e. The van der Waals surface area contributed by atoms with E-state index < -0.39 is 0 Å². The van der Waals surface area contributed by atoms with Crippen molar-refractivity contribution < 1.29 is 9.53 Å². The first-order valence-electron chi connectivity index (χ1n) is 3.65. The minimum absolute atomic E-state index is 0.0223. The quantitative estimate of drug-likeness (QED) is 0.483. The van der Waals surface area contributed by atoms with Gasteiger partial charge in [-0.15, -0.1) is 11.6 Å². The molecule has 0 heterocycles.